The molecule has 29 heavy (non-hydrogen) atoms. The van der Waals surface area contributed by atoms with E-state index in [1.165, 1.54) is 0 Å². The lowest BCUT2D eigenvalue weighted by Gasteiger charge is -2.22. The van der Waals surface area contributed by atoms with E-state index in [2.05, 4.69) is 10.2 Å². The number of nitrogens with one attached hydrogen (secondary N) is 1. The van der Waals surface area contributed by atoms with E-state index in [1.54, 1.807) is 40.6 Å². The third kappa shape index (κ3) is 5.32. The first-order chi connectivity index (χ1) is 14.1. The maximum atomic E-state index is 12.7. The minimum Gasteiger partial charge on any atom is -0.497 e. The van der Waals surface area contributed by atoms with E-state index in [1.807, 2.05) is 24.3 Å². The fraction of sp³-hybridized carbons (Fsp3) is 0.409. The molecule has 0 saturated heterocycles. The summed E-state index contributed by atoms with van der Waals surface area (Å²) < 4.78 is 21.2. The Bertz CT molecular complexity index is 809. The van der Waals surface area contributed by atoms with E-state index in [9.17, 15) is 4.79 Å². The second kappa shape index (κ2) is 9.52. The molecule has 0 aliphatic heterocycles. The highest BCUT2D eigenvalue weighted by molar-refractivity contribution is 5.93. The van der Waals surface area contributed by atoms with Gasteiger partial charge in [0, 0.05) is 30.4 Å². The number of rotatable bonds is 10. The second-order valence-electron chi connectivity index (χ2n) is 6.95. The first kappa shape index (κ1) is 20.8. The molecule has 7 heteroatoms. The number of nitrogens with zero attached hydrogens (tertiary/aromatic N) is 1. The number of hydrogen-bond acceptors (Lipinski definition) is 6. The van der Waals surface area contributed by atoms with Crippen molar-refractivity contribution in [1.82, 2.24) is 4.90 Å². The molecule has 0 atom stereocenters. The van der Waals surface area contributed by atoms with Crippen molar-refractivity contribution in [3.05, 3.63) is 42.0 Å². The van der Waals surface area contributed by atoms with E-state index in [0.29, 0.717) is 35.5 Å². The average molecular weight is 400 g/mol. The molecule has 1 N–H and O–H groups in total. The van der Waals surface area contributed by atoms with Crippen molar-refractivity contribution < 1.29 is 23.7 Å². The molecular weight excluding hydrogens is 372 g/mol. The van der Waals surface area contributed by atoms with Crippen LogP contribution in [0.1, 0.15) is 18.4 Å². The van der Waals surface area contributed by atoms with Crippen LogP contribution >= 0.6 is 0 Å². The van der Waals surface area contributed by atoms with Crippen LogP contribution in [0, 0.1) is 0 Å². The largest absolute Gasteiger partial charge is 0.497 e. The summed E-state index contributed by atoms with van der Waals surface area (Å²) in [6.45, 7) is 1.03. The highest BCUT2D eigenvalue weighted by atomic mass is 16.5. The molecule has 1 aliphatic carbocycles. The van der Waals surface area contributed by atoms with Gasteiger partial charge in [0.1, 0.15) is 5.75 Å². The monoisotopic (exact) mass is 400 g/mol. The van der Waals surface area contributed by atoms with Crippen LogP contribution in [0.15, 0.2) is 36.4 Å². The molecule has 0 radical (unpaired) electrons. The third-order valence-electron chi connectivity index (χ3n) is 4.90. The topological polar surface area (TPSA) is 69.3 Å². The standard InChI is InChI=1S/C22H28N2O5/c1-26-18-9-5-15(6-10-18)13-24(17-7-8-17)14-21(25)23-16-11-19(27-2)22(29-4)20(12-16)28-3/h5-6,9-12,17H,7-8,13-14H2,1-4H3,(H,23,25). The van der Waals surface area contributed by atoms with Crippen LogP contribution in [0.3, 0.4) is 0 Å². The molecule has 2 aromatic rings. The fourth-order valence-electron chi connectivity index (χ4n) is 3.26. The molecule has 0 unspecified atom stereocenters. The van der Waals surface area contributed by atoms with E-state index in [0.717, 1.165) is 30.7 Å². The number of methoxy groups -OCH3 is 4. The highest BCUT2D eigenvalue weighted by Gasteiger charge is 2.30. The first-order valence-corrected chi connectivity index (χ1v) is 9.54. The van der Waals surface area contributed by atoms with Crippen molar-refractivity contribution >= 4 is 11.6 Å². The van der Waals surface area contributed by atoms with Crippen LogP contribution in [-0.4, -0.2) is 51.8 Å². The van der Waals surface area contributed by atoms with E-state index in [4.69, 9.17) is 18.9 Å². The smallest absolute Gasteiger partial charge is 0.238 e. The number of benzene rings is 2. The van der Waals surface area contributed by atoms with Crippen molar-refractivity contribution in [3.63, 3.8) is 0 Å². The molecule has 7 nitrogen and oxygen atoms in total. The Kier molecular flexibility index (Phi) is 6.82. The maximum Gasteiger partial charge on any atom is 0.238 e. The first-order valence-electron chi connectivity index (χ1n) is 9.54. The van der Waals surface area contributed by atoms with Gasteiger partial charge in [0.25, 0.3) is 0 Å². The summed E-state index contributed by atoms with van der Waals surface area (Å²) in [7, 11) is 6.30. The van der Waals surface area contributed by atoms with Gasteiger partial charge in [-0.2, -0.15) is 0 Å². The van der Waals surface area contributed by atoms with Gasteiger partial charge in [-0.05, 0) is 30.5 Å². The van der Waals surface area contributed by atoms with Crippen molar-refractivity contribution in [3.8, 4) is 23.0 Å². The Labute approximate surface area is 171 Å². The van der Waals surface area contributed by atoms with E-state index in [-0.39, 0.29) is 5.91 Å². The summed E-state index contributed by atoms with van der Waals surface area (Å²) in [5.41, 5.74) is 1.75. The van der Waals surface area contributed by atoms with Gasteiger partial charge in [0.05, 0.1) is 35.0 Å². The van der Waals surface area contributed by atoms with Gasteiger partial charge in [-0.3, -0.25) is 9.69 Å². The molecule has 2 aromatic carbocycles. The molecule has 0 aromatic heterocycles. The zero-order valence-electron chi connectivity index (χ0n) is 17.4. The fourth-order valence-corrected chi connectivity index (χ4v) is 3.26. The zero-order chi connectivity index (χ0) is 20.8. The molecular formula is C22H28N2O5. The lowest BCUT2D eigenvalue weighted by Crippen LogP contribution is -2.34. The molecule has 1 amide bonds. The number of hydrogen-bond donors (Lipinski definition) is 1. The minimum atomic E-state index is -0.0836. The van der Waals surface area contributed by atoms with Crippen molar-refractivity contribution in [2.75, 3.05) is 40.3 Å². The van der Waals surface area contributed by atoms with Gasteiger partial charge in [-0.25, -0.2) is 0 Å². The van der Waals surface area contributed by atoms with Crippen LogP contribution in [0.25, 0.3) is 0 Å². The molecule has 1 fully saturated rings. The third-order valence-corrected chi connectivity index (χ3v) is 4.90. The summed E-state index contributed by atoms with van der Waals surface area (Å²) in [6.07, 6.45) is 2.24. The van der Waals surface area contributed by atoms with Crippen molar-refractivity contribution in [2.24, 2.45) is 0 Å². The van der Waals surface area contributed by atoms with Crippen molar-refractivity contribution in [1.29, 1.82) is 0 Å². The lowest BCUT2D eigenvalue weighted by molar-refractivity contribution is -0.117. The summed E-state index contributed by atoms with van der Waals surface area (Å²) in [5.74, 6) is 2.23. The van der Waals surface area contributed by atoms with Crippen LogP contribution in [0.4, 0.5) is 5.69 Å². The number of anilines is 1. The molecule has 3 rings (SSSR count). The van der Waals surface area contributed by atoms with Crippen molar-refractivity contribution in [2.45, 2.75) is 25.4 Å². The minimum absolute atomic E-state index is 0.0836. The Hall–Kier alpha value is -2.93. The second-order valence-corrected chi connectivity index (χ2v) is 6.95. The van der Waals surface area contributed by atoms with Crippen LogP contribution < -0.4 is 24.3 Å². The van der Waals surface area contributed by atoms with E-state index >= 15 is 0 Å². The quantitative estimate of drug-likeness (QED) is 0.660. The Morgan fingerprint density at radius 1 is 0.966 bits per heavy atom. The number of amides is 1. The SMILES string of the molecule is COc1ccc(CN(CC(=O)Nc2cc(OC)c(OC)c(OC)c2)C2CC2)cc1. The highest BCUT2D eigenvalue weighted by Crippen LogP contribution is 2.40. The summed E-state index contributed by atoms with van der Waals surface area (Å²) in [5, 5.41) is 2.94. The van der Waals surface area contributed by atoms with Gasteiger partial charge in [0.2, 0.25) is 11.7 Å². The summed E-state index contributed by atoms with van der Waals surface area (Å²) in [4.78, 5) is 14.9. The maximum absolute atomic E-state index is 12.7. The zero-order valence-corrected chi connectivity index (χ0v) is 17.4. The lowest BCUT2D eigenvalue weighted by atomic mass is 10.2. The average Bonchev–Trinajstić information content (AvgIpc) is 3.58. The normalized spacial score (nSPS) is 13.1. The Morgan fingerprint density at radius 3 is 2.07 bits per heavy atom. The number of carbonyl (C=O) groups excluding carboxylic acids is 1. The summed E-state index contributed by atoms with van der Waals surface area (Å²) >= 11 is 0. The molecule has 0 spiro atoms. The summed E-state index contributed by atoms with van der Waals surface area (Å²) in [6, 6.07) is 11.8. The van der Waals surface area contributed by atoms with Gasteiger partial charge in [-0.15, -0.1) is 0 Å². The predicted octanol–water partition coefficient (Wildman–Crippen LogP) is 3.32. The van der Waals surface area contributed by atoms with Gasteiger partial charge < -0.3 is 24.3 Å². The molecule has 0 bridgehead atoms. The Morgan fingerprint density at radius 2 is 1.59 bits per heavy atom. The van der Waals surface area contributed by atoms with Gasteiger partial charge >= 0.3 is 0 Å². The molecule has 0 heterocycles. The predicted molar refractivity (Wildman–Crippen MR) is 111 cm³/mol. The van der Waals surface area contributed by atoms with Crippen LogP contribution in [0.2, 0.25) is 0 Å². The Balaban J connectivity index is 1.67. The van der Waals surface area contributed by atoms with Crippen LogP contribution in [0.5, 0.6) is 23.0 Å². The number of carbonyl (C=O) groups is 1. The number of ether oxygens (including phenoxy) is 4. The van der Waals surface area contributed by atoms with Gasteiger partial charge in [-0.1, -0.05) is 12.1 Å². The van der Waals surface area contributed by atoms with Gasteiger partial charge in [0.15, 0.2) is 11.5 Å². The van der Waals surface area contributed by atoms with E-state index < -0.39 is 0 Å². The molecule has 1 aliphatic rings. The van der Waals surface area contributed by atoms with Crippen LogP contribution in [-0.2, 0) is 11.3 Å². The molecule has 1 saturated carbocycles. The molecule has 156 valence electrons.